The third-order valence-corrected chi connectivity index (χ3v) is 3.83. The normalized spacial score (nSPS) is 20.8. The predicted molar refractivity (Wildman–Crippen MR) is 74.9 cm³/mol. The van der Waals surface area contributed by atoms with Crippen LogP contribution in [0.3, 0.4) is 0 Å². The van der Waals surface area contributed by atoms with E-state index in [0.717, 1.165) is 12.0 Å². The molecule has 0 saturated carbocycles. The first-order chi connectivity index (χ1) is 9.43. The standard InChI is InChI=1S/C15H19FN2O2/c1-4-9(2)14-15(20)18(8-13(19)17-14)12-7-11(16)6-5-10(12)3/h5-7,9,14H,4,8H2,1-3H3,(H,17,19). The minimum absolute atomic E-state index is 0.0446. The first-order valence-electron chi connectivity index (χ1n) is 6.81. The Morgan fingerprint density at radius 2 is 2.15 bits per heavy atom. The Kier molecular flexibility index (Phi) is 4.06. The maximum absolute atomic E-state index is 13.4. The fraction of sp³-hybridized carbons (Fsp3) is 0.467. The zero-order valence-corrected chi connectivity index (χ0v) is 11.9. The van der Waals surface area contributed by atoms with Crippen molar-refractivity contribution in [2.75, 3.05) is 11.4 Å². The van der Waals surface area contributed by atoms with Crippen LogP contribution >= 0.6 is 0 Å². The van der Waals surface area contributed by atoms with E-state index >= 15 is 0 Å². The highest BCUT2D eigenvalue weighted by molar-refractivity contribution is 6.07. The van der Waals surface area contributed by atoms with Gasteiger partial charge in [0.2, 0.25) is 11.8 Å². The average Bonchev–Trinajstić information content (AvgIpc) is 2.43. The minimum Gasteiger partial charge on any atom is -0.342 e. The SMILES string of the molecule is CCC(C)C1NC(=O)CN(c2cc(F)ccc2C)C1=O. The summed E-state index contributed by atoms with van der Waals surface area (Å²) >= 11 is 0. The van der Waals surface area contributed by atoms with Gasteiger partial charge in [0.1, 0.15) is 18.4 Å². The summed E-state index contributed by atoms with van der Waals surface area (Å²) < 4.78 is 13.4. The lowest BCUT2D eigenvalue weighted by Gasteiger charge is -2.35. The van der Waals surface area contributed by atoms with Crippen LogP contribution in [0.2, 0.25) is 0 Å². The lowest BCUT2D eigenvalue weighted by molar-refractivity contribution is -0.132. The lowest BCUT2D eigenvalue weighted by Crippen LogP contribution is -2.60. The predicted octanol–water partition coefficient (Wildman–Crippen LogP) is 2.01. The number of aryl methyl sites for hydroxylation is 1. The highest BCUT2D eigenvalue weighted by Crippen LogP contribution is 2.25. The fourth-order valence-corrected chi connectivity index (χ4v) is 2.37. The molecule has 1 N–H and O–H groups in total. The van der Waals surface area contributed by atoms with E-state index in [9.17, 15) is 14.0 Å². The quantitative estimate of drug-likeness (QED) is 0.919. The molecular weight excluding hydrogens is 259 g/mol. The van der Waals surface area contributed by atoms with E-state index in [2.05, 4.69) is 5.32 Å². The second-order valence-electron chi connectivity index (χ2n) is 5.29. The van der Waals surface area contributed by atoms with E-state index in [1.165, 1.54) is 17.0 Å². The summed E-state index contributed by atoms with van der Waals surface area (Å²) in [7, 11) is 0. The monoisotopic (exact) mass is 278 g/mol. The van der Waals surface area contributed by atoms with Crippen LogP contribution in [0.5, 0.6) is 0 Å². The van der Waals surface area contributed by atoms with Gasteiger partial charge in [-0.05, 0) is 30.5 Å². The molecule has 5 heteroatoms. The molecule has 2 unspecified atom stereocenters. The van der Waals surface area contributed by atoms with Crippen LogP contribution in [0.25, 0.3) is 0 Å². The molecule has 0 aliphatic carbocycles. The number of amides is 2. The van der Waals surface area contributed by atoms with Crippen molar-refractivity contribution < 1.29 is 14.0 Å². The molecule has 1 fully saturated rings. The van der Waals surface area contributed by atoms with E-state index in [4.69, 9.17) is 0 Å². The topological polar surface area (TPSA) is 49.4 Å². The number of carbonyl (C=O) groups is 2. The number of halogens is 1. The molecule has 0 spiro atoms. The molecule has 108 valence electrons. The van der Waals surface area contributed by atoms with Crippen molar-refractivity contribution in [2.45, 2.75) is 33.2 Å². The molecule has 4 nitrogen and oxygen atoms in total. The number of carbonyl (C=O) groups excluding carboxylic acids is 2. The van der Waals surface area contributed by atoms with Crippen LogP contribution in [-0.2, 0) is 9.59 Å². The Labute approximate surface area is 118 Å². The summed E-state index contributed by atoms with van der Waals surface area (Å²) in [4.78, 5) is 25.7. The molecule has 1 aliphatic heterocycles. The zero-order valence-electron chi connectivity index (χ0n) is 11.9. The Hall–Kier alpha value is -1.91. The fourth-order valence-electron chi connectivity index (χ4n) is 2.37. The second-order valence-corrected chi connectivity index (χ2v) is 5.29. The van der Waals surface area contributed by atoms with Crippen LogP contribution < -0.4 is 10.2 Å². The van der Waals surface area contributed by atoms with Gasteiger partial charge in [-0.3, -0.25) is 9.59 Å². The van der Waals surface area contributed by atoms with Gasteiger partial charge in [-0.1, -0.05) is 26.3 Å². The van der Waals surface area contributed by atoms with Crippen LogP contribution in [-0.4, -0.2) is 24.4 Å². The second kappa shape index (κ2) is 5.61. The molecule has 2 rings (SSSR count). The number of hydrogen-bond acceptors (Lipinski definition) is 2. The summed E-state index contributed by atoms with van der Waals surface area (Å²) in [5.74, 6) is -0.751. The highest BCUT2D eigenvalue weighted by Gasteiger charge is 2.36. The third kappa shape index (κ3) is 2.66. The number of hydrogen-bond donors (Lipinski definition) is 1. The van der Waals surface area contributed by atoms with Gasteiger partial charge in [0.25, 0.3) is 0 Å². The maximum atomic E-state index is 13.4. The van der Waals surface area contributed by atoms with Crippen molar-refractivity contribution in [2.24, 2.45) is 5.92 Å². The Balaban J connectivity index is 2.37. The zero-order chi connectivity index (χ0) is 14.9. The van der Waals surface area contributed by atoms with Gasteiger partial charge < -0.3 is 10.2 Å². The summed E-state index contributed by atoms with van der Waals surface area (Å²) in [6.45, 7) is 5.63. The Bertz CT molecular complexity index is 545. The van der Waals surface area contributed by atoms with Crippen molar-refractivity contribution in [1.82, 2.24) is 5.32 Å². The third-order valence-electron chi connectivity index (χ3n) is 3.83. The number of nitrogens with zero attached hydrogens (tertiary/aromatic N) is 1. The molecule has 2 atom stereocenters. The molecule has 1 aromatic carbocycles. The van der Waals surface area contributed by atoms with Crippen molar-refractivity contribution >= 4 is 17.5 Å². The van der Waals surface area contributed by atoms with E-state index < -0.39 is 11.9 Å². The van der Waals surface area contributed by atoms with Crippen LogP contribution in [0.1, 0.15) is 25.8 Å². The Morgan fingerprint density at radius 3 is 2.80 bits per heavy atom. The molecule has 1 aliphatic rings. The van der Waals surface area contributed by atoms with Gasteiger partial charge in [0.05, 0.1) is 5.69 Å². The van der Waals surface area contributed by atoms with Gasteiger partial charge in [0, 0.05) is 0 Å². The number of anilines is 1. The van der Waals surface area contributed by atoms with Crippen LogP contribution in [0.4, 0.5) is 10.1 Å². The summed E-state index contributed by atoms with van der Waals surface area (Å²) in [6, 6.07) is 3.73. The molecule has 0 bridgehead atoms. The van der Waals surface area contributed by atoms with E-state index in [0.29, 0.717) is 5.69 Å². The van der Waals surface area contributed by atoms with E-state index in [1.54, 1.807) is 13.0 Å². The van der Waals surface area contributed by atoms with Crippen LogP contribution in [0, 0.1) is 18.7 Å². The van der Waals surface area contributed by atoms with E-state index in [-0.39, 0.29) is 24.3 Å². The largest absolute Gasteiger partial charge is 0.342 e. The summed E-state index contributed by atoms with van der Waals surface area (Å²) in [5.41, 5.74) is 1.25. The molecule has 1 saturated heterocycles. The molecule has 1 aromatic rings. The lowest BCUT2D eigenvalue weighted by atomic mass is 9.95. The number of benzene rings is 1. The van der Waals surface area contributed by atoms with Gasteiger partial charge in [-0.25, -0.2) is 4.39 Å². The van der Waals surface area contributed by atoms with Gasteiger partial charge >= 0.3 is 0 Å². The average molecular weight is 278 g/mol. The first-order valence-corrected chi connectivity index (χ1v) is 6.81. The van der Waals surface area contributed by atoms with Crippen LogP contribution in [0.15, 0.2) is 18.2 Å². The molecular formula is C15H19FN2O2. The number of piperazine rings is 1. The molecule has 20 heavy (non-hydrogen) atoms. The van der Waals surface area contributed by atoms with Crippen molar-refractivity contribution in [3.8, 4) is 0 Å². The molecule has 0 radical (unpaired) electrons. The first kappa shape index (κ1) is 14.5. The van der Waals surface area contributed by atoms with Crippen molar-refractivity contribution in [3.05, 3.63) is 29.6 Å². The maximum Gasteiger partial charge on any atom is 0.250 e. The Morgan fingerprint density at radius 1 is 1.45 bits per heavy atom. The van der Waals surface area contributed by atoms with Gasteiger partial charge in [0.15, 0.2) is 0 Å². The van der Waals surface area contributed by atoms with Gasteiger partial charge in [-0.2, -0.15) is 0 Å². The molecule has 0 aromatic heterocycles. The smallest absolute Gasteiger partial charge is 0.250 e. The summed E-state index contributed by atoms with van der Waals surface area (Å²) in [5, 5.41) is 2.73. The summed E-state index contributed by atoms with van der Waals surface area (Å²) in [6.07, 6.45) is 0.784. The van der Waals surface area contributed by atoms with E-state index in [1.807, 2.05) is 13.8 Å². The number of rotatable bonds is 3. The van der Waals surface area contributed by atoms with Gasteiger partial charge in [-0.15, -0.1) is 0 Å². The molecule has 2 amide bonds. The van der Waals surface area contributed by atoms with Crippen molar-refractivity contribution in [3.63, 3.8) is 0 Å². The van der Waals surface area contributed by atoms with Crippen molar-refractivity contribution in [1.29, 1.82) is 0 Å². The minimum atomic E-state index is -0.538. The highest BCUT2D eigenvalue weighted by atomic mass is 19.1. The number of nitrogens with one attached hydrogen (secondary N) is 1. The molecule has 1 heterocycles.